The van der Waals surface area contributed by atoms with Crippen molar-refractivity contribution in [3.8, 4) is 0 Å². The van der Waals surface area contributed by atoms with Crippen molar-refractivity contribution in [2.75, 3.05) is 25.6 Å². The van der Waals surface area contributed by atoms with E-state index < -0.39 is 0 Å². The molecule has 1 aliphatic heterocycles. The van der Waals surface area contributed by atoms with Crippen LogP contribution in [0.3, 0.4) is 0 Å². The molecule has 6 heteroatoms. The molecule has 0 unspecified atom stereocenters. The quantitative estimate of drug-likeness (QED) is 0.876. The molecule has 1 N–H and O–H groups in total. The summed E-state index contributed by atoms with van der Waals surface area (Å²) < 4.78 is 12.8. The van der Waals surface area contributed by atoms with Gasteiger partial charge in [0.05, 0.1) is 49.4 Å². The van der Waals surface area contributed by atoms with Crippen molar-refractivity contribution in [1.82, 2.24) is 9.78 Å². The van der Waals surface area contributed by atoms with Crippen molar-refractivity contribution in [3.63, 3.8) is 0 Å². The Morgan fingerprint density at radius 1 is 1.40 bits per heavy atom. The van der Waals surface area contributed by atoms with Crippen LogP contribution >= 0.6 is 0 Å². The molecular formula is C19H25N3O3. The van der Waals surface area contributed by atoms with Gasteiger partial charge in [0.1, 0.15) is 0 Å². The summed E-state index contributed by atoms with van der Waals surface area (Å²) in [5.41, 5.74) is 4.92. The normalized spacial score (nSPS) is 16.5. The highest BCUT2D eigenvalue weighted by Gasteiger charge is 2.24. The molecule has 1 aliphatic rings. The van der Waals surface area contributed by atoms with Gasteiger partial charge in [-0.25, -0.2) is 0 Å². The Morgan fingerprint density at radius 2 is 2.20 bits per heavy atom. The van der Waals surface area contributed by atoms with E-state index in [9.17, 15) is 4.79 Å². The first-order chi connectivity index (χ1) is 12.1. The van der Waals surface area contributed by atoms with Crippen molar-refractivity contribution in [2.24, 2.45) is 0 Å². The maximum absolute atomic E-state index is 12.6. The lowest BCUT2D eigenvalue weighted by Crippen LogP contribution is -2.22. The first kappa shape index (κ1) is 17.6. The second-order valence-electron chi connectivity index (χ2n) is 6.32. The molecule has 1 atom stereocenters. The molecule has 1 amide bonds. The largest absolute Gasteiger partial charge is 0.383 e. The van der Waals surface area contributed by atoms with E-state index in [0.717, 1.165) is 29.1 Å². The Labute approximate surface area is 148 Å². The van der Waals surface area contributed by atoms with E-state index in [1.807, 2.05) is 36.7 Å². The van der Waals surface area contributed by atoms with Gasteiger partial charge < -0.3 is 14.8 Å². The SMILES string of the molecule is COCCn1nc(C)c(NC(=O)C[C@@H]2OCCc3ccccc32)c1C. The Balaban J connectivity index is 1.69. The van der Waals surface area contributed by atoms with E-state index in [1.54, 1.807) is 7.11 Å². The molecule has 2 heterocycles. The molecule has 1 aromatic heterocycles. The molecule has 0 radical (unpaired) electrons. The van der Waals surface area contributed by atoms with Gasteiger partial charge in [0.2, 0.25) is 5.91 Å². The number of carbonyl (C=O) groups excluding carboxylic acids is 1. The van der Waals surface area contributed by atoms with Crippen LogP contribution in [0.4, 0.5) is 5.69 Å². The Bertz CT molecular complexity index is 754. The average molecular weight is 343 g/mol. The van der Waals surface area contributed by atoms with Gasteiger partial charge in [0.15, 0.2) is 0 Å². The second kappa shape index (κ2) is 7.80. The predicted octanol–water partition coefficient (Wildman–Crippen LogP) is 2.79. The summed E-state index contributed by atoms with van der Waals surface area (Å²) in [6.07, 6.45) is 1.02. The summed E-state index contributed by atoms with van der Waals surface area (Å²) in [6.45, 7) is 5.76. The number of anilines is 1. The fourth-order valence-corrected chi connectivity index (χ4v) is 3.28. The summed E-state index contributed by atoms with van der Waals surface area (Å²) in [6, 6.07) is 8.18. The molecule has 0 saturated heterocycles. The number of fused-ring (bicyclic) bond motifs is 1. The predicted molar refractivity (Wildman–Crippen MR) is 95.7 cm³/mol. The molecule has 134 valence electrons. The first-order valence-electron chi connectivity index (χ1n) is 8.62. The number of nitrogens with one attached hydrogen (secondary N) is 1. The number of ether oxygens (including phenoxy) is 2. The molecule has 1 aromatic carbocycles. The van der Waals surface area contributed by atoms with Gasteiger partial charge in [-0.1, -0.05) is 24.3 Å². The molecule has 25 heavy (non-hydrogen) atoms. The van der Waals surface area contributed by atoms with Crippen LogP contribution in [0.5, 0.6) is 0 Å². The lowest BCUT2D eigenvalue weighted by Gasteiger charge is -2.25. The molecule has 0 saturated carbocycles. The van der Waals surface area contributed by atoms with E-state index >= 15 is 0 Å². The highest BCUT2D eigenvalue weighted by Crippen LogP contribution is 2.30. The zero-order valence-electron chi connectivity index (χ0n) is 15.0. The number of amides is 1. The molecule has 0 bridgehead atoms. The van der Waals surface area contributed by atoms with E-state index in [1.165, 1.54) is 5.56 Å². The number of aryl methyl sites for hydroxylation is 1. The van der Waals surface area contributed by atoms with Crippen LogP contribution < -0.4 is 5.32 Å². The zero-order valence-corrected chi connectivity index (χ0v) is 15.0. The molecule has 2 aromatic rings. The van der Waals surface area contributed by atoms with E-state index in [4.69, 9.17) is 9.47 Å². The third kappa shape index (κ3) is 3.91. The minimum Gasteiger partial charge on any atom is -0.383 e. The maximum atomic E-state index is 12.6. The van der Waals surface area contributed by atoms with Gasteiger partial charge in [0.25, 0.3) is 0 Å². The standard InChI is InChI=1S/C19H25N3O3/c1-13-19(14(2)22(21-13)9-11-24-3)20-18(23)12-17-16-7-5-4-6-15(16)8-10-25-17/h4-7,17H,8-12H2,1-3H3,(H,20,23)/t17-/m0/s1. The summed E-state index contributed by atoms with van der Waals surface area (Å²) in [4.78, 5) is 12.6. The van der Waals surface area contributed by atoms with Gasteiger partial charge in [-0.15, -0.1) is 0 Å². The summed E-state index contributed by atoms with van der Waals surface area (Å²) in [7, 11) is 1.66. The second-order valence-corrected chi connectivity index (χ2v) is 6.32. The number of benzene rings is 1. The number of nitrogens with zero attached hydrogens (tertiary/aromatic N) is 2. The number of rotatable bonds is 6. The van der Waals surface area contributed by atoms with Gasteiger partial charge in [-0.05, 0) is 31.4 Å². The molecule has 3 rings (SSSR count). The van der Waals surface area contributed by atoms with Crippen LogP contribution in [0.2, 0.25) is 0 Å². The van der Waals surface area contributed by atoms with Gasteiger partial charge in [-0.2, -0.15) is 5.10 Å². The number of hydrogen-bond acceptors (Lipinski definition) is 4. The van der Waals surface area contributed by atoms with Crippen LogP contribution in [-0.2, 0) is 27.2 Å². The third-order valence-corrected chi connectivity index (χ3v) is 4.62. The first-order valence-corrected chi connectivity index (χ1v) is 8.62. The number of methoxy groups -OCH3 is 1. The van der Waals surface area contributed by atoms with Crippen molar-refractivity contribution in [3.05, 3.63) is 46.8 Å². The van der Waals surface area contributed by atoms with E-state index in [-0.39, 0.29) is 12.0 Å². The summed E-state index contributed by atoms with van der Waals surface area (Å²) >= 11 is 0. The molecule has 0 fully saturated rings. The molecule has 6 nitrogen and oxygen atoms in total. The highest BCUT2D eigenvalue weighted by molar-refractivity contribution is 5.92. The maximum Gasteiger partial charge on any atom is 0.227 e. The molecular weight excluding hydrogens is 318 g/mol. The van der Waals surface area contributed by atoms with Gasteiger partial charge in [-0.3, -0.25) is 9.48 Å². The number of aromatic nitrogens is 2. The number of hydrogen-bond donors (Lipinski definition) is 1. The Hall–Kier alpha value is -2.18. The lowest BCUT2D eigenvalue weighted by molar-refractivity contribution is -0.119. The van der Waals surface area contributed by atoms with Crippen LogP contribution in [0, 0.1) is 13.8 Å². The van der Waals surface area contributed by atoms with Crippen molar-refractivity contribution >= 4 is 11.6 Å². The highest BCUT2D eigenvalue weighted by atomic mass is 16.5. The zero-order chi connectivity index (χ0) is 17.8. The fourth-order valence-electron chi connectivity index (χ4n) is 3.28. The summed E-state index contributed by atoms with van der Waals surface area (Å²) in [5.74, 6) is -0.0563. The summed E-state index contributed by atoms with van der Waals surface area (Å²) in [5, 5.41) is 7.48. The van der Waals surface area contributed by atoms with E-state index in [2.05, 4.69) is 16.5 Å². The van der Waals surface area contributed by atoms with Crippen molar-refractivity contribution < 1.29 is 14.3 Å². The van der Waals surface area contributed by atoms with Crippen LogP contribution in [0.1, 0.15) is 35.0 Å². The minimum atomic E-state index is -0.186. The number of carbonyl (C=O) groups is 1. The molecule has 0 aliphatic carbocycles. The lowest BCUT2D eigenvalue weighted by atomic mass is 9.95. The van der Waals surface area contributed by atoms with Crippen molar-refractivity contribution in [2.45, 2.75) is 39.3 Å². The Kier molecular flexibility index (Phi) is 5.50. The van der Waals surface area contributed by atoms with Gasteiger partial charge >= 0.3 is 0 Å². The van der Waals surface area contributed by atoms with Crippen molar-refractivity contribution in [1.29, 1.82) is 0 Å². The molecule has 0 spiro atoms. The topological polar surface area (TPSA) is 65.4 Å². The van der Waals surface area contributed by atoms with Crippen LogP contribution in [-0.4, -0.2) is 36.0 Å². The Morgan fingerprint density at radius 3 is 3.00 bits per heavy atom. The van der Waals surface area contributed by atoms with E-state index in [0.29, 0.717) is 26.2 Å². The monoisotopic (exact) mass is 343 g/mol. The average Bonchev–Trinajstić information content (AvgIpc) is 2.88. The fraction of sp³-hybridized carbons (Fsp3) is 0.474. The minimum absolute atomic E-state index is 0.0563. The van der Waals surface area contributed by atoms with Crippen LogP contribution in [0.15, 0.2) is 24.3 Å². The third-order valence-electron chi connectivity index (χ3n) is 4.62. The smallest absolute Gasteiger partial charge is 0.227 e. The van der Waals surface area contributed by atoms with Crippen LogP contribution in [0.25, 0.3) is 0 Å². The van der Waals surface area contributed by atoms with Gasteiger partial charge in [0, 0.05) is 7.11 Å².